The van der Waals surface area contributed by atoms with Crippen molar-refractivity contribution in [3.63, 3.8) is 0 Å². The molecule has 2 fully saturated rings. The molecule has 0 saturated carbocycles. The van der Waals surface area contributed by atoms with Crippen LogP contribution < -0.4 is 0 Å². The average molecular weight is 314 g/mol. The van der Waals surface area contributed by atoms with Crippen molar-refractivity contribution >= 4 is 20.0 Å². The Bertz CT molecular complexity index is 545. The van der Waals surface area contributed by atoms with Crippen molar-refractivity contribution in [1.82, 2.24) is 8.61 Å². The van der Waals surface area contributed by atoms with Gasteiger partial charge in [0, 0.05) is 13.1 Å². The molecular formula is C9H18N2O6S2. The summed E-state index contributed by atoms with van der Waals surface area (Å²) < 4.78 is 60.2. The normalized spacial score (nSPS) is 35.0. The van der Waals surface area contributed by atoms with Gasteiger partial charge in [-0.25, -0.2) is 16.8 Å². The lowest BCUT2D eigenvalue weighted by atomic mass is 10.3. The molecule has 2 aliphatic heterocycles. The van der Waals surface area contributed by atoms with Crippen molar-refractivity contribution in [3.8, 4) is 0 Å². The quantitative estimate of drug-likeness (QED) is 0.623. The van der Waals surface area contributed by atoms with E-state index < -0.39 is 32.5 Å². The fourth-order valence-corrected chi connectivity index (χ4v) is 4.16. The van der Waals surface area contributed by atoms with Crippen molar-refractivity contribution in [1.29, 1.82) is 0 Å². The highest BCUT2D eigenvalue weighted by Gasteiger charge is 2.48. The largest absolute Gasteiger partial charge is 0.355 e. The van der Waals surface area contributed by atoms with Gasteiger partial charge in [0.15, 0.2) is 12.5 Å². The summed E-state index contributed by atoms with van der Waals surface area (Å²) >= 11 is 0. The van der Waals surface area contributed by atoms with Crippen molar-refractivity contribution in [2.24, 2.45) is 0 Å². The van der Waals surface area contributed by atoms with E-state index in [2.05, 4.69) is 0 Å². The van der Waals surface area contributed by atoms with Gasteiger partial charge < -0.3 is 9.47 Å². The Morgan fingerprint density at radius 2 is 1.42 bits per heavy atom. The monoisotopic (exact) mass is 314 g/mol. The first-order valence-electron chi connectivity index (χ1n) is 5.81. The molecule has 10 heteroatoms. The predicted octanol–water partition coefficient (Wildman–Crippen LogP) is -1.39. The number of rotatable bonds is 2. The van der Waals surface area contributed by atoms with Crippen LogP contribution in [0.3, 0.4) is 0 Å². The van der Waals surface area contributed by atoms with E-state index in [0.29, 0.717) is 0 Å². The maximum Gasteiger partial charge on any atom is 0.213 e. The third kappa shape index (κ3) is 3.09. The molecule has 2 rings (SSSR count). The Kier molecular flexibility index (Phi) is 3.93. The summed E-state index contributed by atoms with van der Waals surface area (Å²) in [7, 11) is -6.96. The minimum Gasteiger partial charge on any atom is -0.355 e. The third-order valence-electron chi connectivity index (χ3n) is 3.08. The molecule has 0 aromatic rings. The van der Waals surface area contributed by atoms with Gasteiger partial charge in [0.2, 0.25) is 20.0 Å². The molecule has 3 atom stereocenters. The Balaban J connectivity index is 2.34. The summed E-state index contributed by atoms with van der Waals surface area (Å²) in [4.78, 5) is 0. The molecule has 0 bridgehead atoms. The predicted molar refractivity (Wildman–Crippen MR) is 67.2 cm³/mol. The SMILES string of the molecule is C[C@H]1CO[C@@H]2[C@@H](O1)N(S(C)(=O)=O)CCN2S(C)(=O)=O. The van der Waals surface area contributed by atoms with Crippen LogP contribution in [0.4, 0.5) is 0 Å². The van der Waals surface area contributed by atoms with Crippen molar-refractivity contribution in [2.45, 2.75) is 25.5 Å². The molecule has 2 saturated heterocycles. The summed E-state index contributed by atoms with van der Waals surface area (Å²) in [5, 5.41) is 0. The van der Waals surface area contributed by atoms with Crippen LogP contribution >= 0.6 is 0 Å². The van der Waals surface area contributed by atoms with Gasteiger partial charge in [-0.05, 0) is 6.92 Å². The molecule has 2 aliphatic rings. The van der Waals surface area contributed by atoms with Gasteiger partial charge in [0.05, 0.1) is 25.2 Å². The summed E-state index contributed by atoms with van der Waals surface area (Å²) in [5.41, 5.74) is 0. The maximum atomic E-state index is 11.7. The molecule has 19 heavy (non-hydrogen) atoms. The number of sulfonamides is 2. The second kappa shape index (κ2) is 4.93. The van der Waals surface area contributed by atoms with Crippen molar-refractivity contribution < 1.29 is 26.3 Å². The highest BCUT2D eigenvalue weighted by atomic mass is 32.2. The van der Waals surface area contributed by atoms with Gasteiger partial charge in [-0.1, -0.05) is 0 Å². The van der Waals surface area contributed by atoms with Gasteiger partial charge in [0.1, 0.15) is 0 Å². The fraction of sp³-hybridized carbons (Fsp3) is 1.00. The zero-order valence-electron chi connectivity index (χ0n) is 11.0. The first kappa shape index (κ1) is 15.1. The van der Waals surface area contributed by atoms with E-state index in [0.717, 1.165) is 21.1 Å². The van der Waals surface area contributed by atoms with E-state index in [4.69, 9.17) is 9.47 Å². The van der Waals surface area contributed by atoms with Gasteiger partial charge in [-0.15, -0.1) is 0 Å². The van der Waals surface area contributed by atoms with Crippen LogP contribution in [0, 0.1) is 0 Å². The first-order valence-corrected chi connectivity index (χ1v) is 9.51. The van der Waals surface area contributed by atoms with Crippen molar-refractivity contribution in [2.75, 3.05) is 32.2 Å². The molecule has 8 nitrogen and oxygen atoms in total. The van der Waals surface area contributed by atoms with E-state index in [1.165, 1.54) is 0 Å². The van der Waals surface area contributed by atoms with Crippen LogP contribution in [0.15, 0.2) is 0 Å². The summed E-state index contributed by atoms with van der Waals surface area (Å²) in [6.45, 7) is 2.09. The Labute approximate surface area is 113 Å². The van der Waals surface area contributed by atoms with Crippen LogP contribution in [0.1, 0.15) is 6.92 Å². The zero-order chi connectivity index (χ0) is 14.4. The Hall–Kier alpha value is -0.260. The lowest BCUT2D eigenvalue weighted by molar-refractivity contribution is -0.249. The molecule has 0 aliphatic carbocycles. The smallest absolute Gasteiger partial charge is 0.213 e. The van der Waals surface area contributed by atoms with Crippen molar-refractivity contribution in [3.05, 3.63) is 0 Å². The summed E-state index contributed by atoms with van der Waals surface area (Å²) in [6, 6.07) is 0. The molecule has 0 aromatic carbocycles. The minimum atomic E-state index is -3.48. The van der Waals surface area contributed by atoms with Crippen LogP contribution in [-0.2, 0) is 29.5 Å². The van der Waals surface area contributed by atoms with Gasteiger partial charge in [-0.2, -0.15) is 8.61 Å². The van der Waals surface area contributed by atoms with E-state index >= 15 is 0 Å². The van der Waals surface area contributed by atoms with Gasteiger partial charge in [0.25, 0.3) is 0 Å². The lowest BCUT2D eigenvalue weighted by Gasteiger charge is -2.47. The number of nitrogens with zero attached hydrogens (tertiary/aromatic N) is 2. The summed E-state index contributed by atoms with van der Waals surface area (Å²) in [5.74, 6) is 0. The van der Waals surface area contributed by atoms with Crippen LogP contribution in [0.25, 0.3) is 0 Å². The number of ether oxygens (including phenoxy) is 2. The standard InChI is InChI=1S/C9H18N2O6S2/c1-7-6-16-8-9(17-7)11(19(3,14)15)5-4-10(8)18(2,12)13/h7-9H,4-6H2,1-3H3/t7-,8+,9+/m0/s1. The topological polar surface area (TPSA) is 93.2 Å². The minimum absolute atomic E-state index is 0.0587. The molecule has 2 heterocycles. The van der Waals surface area contributed by atoms with Crippen LogP contribution in [0.5, 0.6) is 0 Å². The van der Waals surface area contributed by atoms with Crippen LogP contribution in [0.2, 0.25) is 0 Å². The molecule has 0 amide bonds. The maximum absolute atomic E-state index is 11.7. The van der Waals surface area contributed by atoms with Gasteiger partial charge in [-0.3, -0.25) is 0 Å². The van der Waals surface area contributed by atoms with E-state index in [1.807, 2.05) is 0 Å². The number of hydrogen-bond donors (Lipinski definition) is 0. The lowest BCUT2D eigenvalue weighted by Crippen LogP contribution is -2.66. The first-order chi connectivity index (χ1) is 8.60. The third-order valence-corrected chi connectivity index (χ3v) is 5.56. The number of hydrogen-bond acceptors (Lipinski definition) is 6. The van der Waals surface area contributed by atoms with E-state index in [1.54, 1.807) is 6.92 Å². The second-order valence-corrected chi connectivity index (χ2v) is 8.68. The second-order valence-electron chi connectivity index (χ2n) is 4.81. The molecule has 0 unspecified atom stereocenters. The van der Waals surface area contributed by atoms with Gasteiger partial charge >= 0.3 is 0 Å². The number of piperazine rings is 1. The molecule has 0 spiro atoms. The highest BCUT2D eigenvalue weighted by Crippen LogP contribution is 2.28. The molecule has 0 N–H and O–H groups in total. The zero-order valence-corrected chi connectivity index (χ0v) is 12.6. The number of fused-ring (bicyclic) bond motifs is 1. The van der Waals surface area contributed by atoms with Crippen LogP contribution in [-0.4, -0.2) is 76.2 Å². The highest BCUT2D eigenvalue weighted by molar-refractivity contribution is 7.88. The molecular weight excluding hydrogens is 296 g/mol. The average Bonchev–Trinajstić information content (AvgIpc) is 2.24. The molecule has 112 valence electrons. The molecule has 0 radical (unpaired) electrons. The molecule has 0 aromatic heterocycles. The summed E-state index contributed by atoms with van der Waals surface area (Å²) in [6.07, 6.45) is 0.00609. The fourth-order valence-electron chi connectivity index (χ4n) is 2.26. The van der Waals surface area contributed by atoms with E-state index in [9.17, 15) is 16.8 Å². The Morgan fingerprint density at radius 1 is 0.947 bits per heavy atom. The Morgan fingerprint density at radius 3 is 1.89 bits per heavy atom. The van der Waals surface area contributed by atoms with E-state index in [-0.39, 0.29) is 25.8 Å².